The van der Waals surface area contributed by atoms with Gasteiger partial charge in [0.05, 0.1) is 25.1 Å². The lowest BCUT2D eigenvalue weighted by Gasteiger charge is -2.24. The van der Waals surface area contributed by atoms with Gasteiger partial charge < -0.3 is 14.6 Å². The number of sulfonamides is 1. The van der Waals surface area contributed by atoms with Gasteiger partial charge in [-0.25, -0.2) is 26.5 Å². The Morgan fingerprint density at radius 1 is 1.15 bits per heavy atom. The normalized spacial score (nSPS) is 13.2. The highest BCUT2D eigenvalue weighted by Gasteiger charge is 2.30. The Labute approximate surface area is 236 Å². The molecule has 1 amide bonds. The van der Waals surface area contributed by atoms with Crippen LogP contribution in [0.1, 0.15) is 47.4 Å². The van der Waals surface area contributed by atoms with Crippen LogP contribution < -0.4 is 14.8 Å². The molecule has 0 aliphatic carbocycles. The van der Waals surface area contributed by atoms with Crippen molar-refractivity contribution in [3.63, 3.8) is 0 Å². The maximum Gasteiger partial charge on any atom is 0.274 e. The van der Waals surface area contributed by atoms with Crippen LogP contribution in [0, 0.1) is 11.6 Å². The molecule has 13 heteroatoms. The Morgan fingerprint density at radius 2 is 1.88 bits per heavy atom. The first-order valence-electron chi connectivity index (χ1n) is 12.5. The van der Waals surface area contributed by atoms with Crippen molar-refractivity contribution in [3.05, 3.63) is 89.2 Å². The number of hydrogen-bond acceptors (Lipinski definition) is 7. The number of carbonyl (C=O) groups is 1. The van der Waals surface area contributed by atoms with E-state index in [4.69, 9.17) is 4.74 Å². The standard InChI is InChI=1S/C27H32F2N4O5S2/c1-4-5-14-39(35)32-26(18-40(36,37)33(2)17-19-6-10-22(38-3)11-7-19)23-15-21(9-12-24(23)29)31-27(34)25-13-8-20(28)16-30-25/h6-13,15-16,26,32H,4-5,14,17-18H2,1-3H3,(H,31,34)/t26-,39?/m0/s1. The molecule has 1 heterocycles. The number of methoxy groups -OCH3 is 1. The van der Waals surface area contributed by atoms with E-state index in [0.29, 0.717) is 17.7 Å². The summed E-state index contributed by atoms with van der Waals surface area (Å²) < 4.78 is 76.7. The zero-order chi connectivity index (χ0) is 29.3. The van der Waals surface area contributed by atoms with Gasteiger partial charge in [-0.15, -0.1) is 4.72 Å². The third kappa shape index (κ3) is 8.96. The monoisotopic (exact) mass is 594 g/mol. The topological polar surface area (TPSA) is 124 Å². The van der Waals surface area contributed by atoms with Crippen LogP contribution in [0.25, 0.3) is 0 Å². The molecular weight excluding hydrogens is 562 g/mol. The van der Waals surface area contributed by atoms with Crippen molar-refractivity contribution < 1.29 is 31.3 Å². The quantitative estimate of drug-likeness (QED) is 0.269. The lowest BCUT2D eigenvalue weighted by Crippen LogP contribution is -2.39. The number of unbranched alkanes of at least 4 members (excludes halogenated alkanes) is 1. The summed E-state index contributed by atoms with van der Waals surface area (Å²) in [4.78, 5) is 16.3. The number of hydrogen-bond donors (Lipinski definition) is 2. The second-order valence-electron chi connectivity index (χ2n) is 9.01. The second kappa shape index (κ2) is 14.5. The van der Waals surface area contributed by atoms with Gasteiger partial charge in [0.15, 0.2) is 0 Å². The largest absolute Gasteiger partial charge is 0.598 e. The van der Waals surface area contributed by atoms with Crippen molar-refractivity contribution >= 4 is 33.0 Å². The van der Waals surface area contributed by atoms with Gasteiger partial charge in [-0.3, -0.25) is 4.79 Å². The molecule has 3 aromatic rings. The fourth-order valence-electron chi connectivity index (χ4n) is 3.70. The number of nitrogens with zero attached hydrogens (tertiary/aromatic N) is 2. The van der Waals surface area contributed by atoms with E-state index in [9.17, 15) is 22.2 Å². The zero-order valence-electron chi connectivity index (χ0n) is 22.4. The zero-order valence-corrected chi connectivity index (χ0v) is 24.0. The van der Waals surface area contributed by atoms with Gasteiger partial charge in [0.1, 0.15) is 28.8 Å². The van der Waals surface area contributed by atoms with E-state index in [0.717, 1.165) is 29.1 Å². The summed E-state index contributed by atoms with van der Waals surface area (Å²) in [5, 5.41) is 2.55. The summed E-state index contributed by atoms with van der Waals surface area (Å²) in [7, 11) is -1.04. The summed E-state index contributed by atoms with van der Waals surface area (Å²) >= 11 is -1.64. The molecule has 3 rings (SSSR count). The van der Waals surface area contributed by atoms with Gasteiger partial charge in [-0.2, -0.15) is 0 Å². The second-order valence-corrected chi connectivity index (χ2v) is 12.5. The number of amides is 1. The van der Waals surface area contributed by atoms with E-state index in [1.54, 1.807) is 24.3 Å². The molecule has 0 saturated carbocycles. The molecule has 2 N–H and O–H groups in total. The summed E-state index contributed by atoms with van der Waals surface area (Å²) in [6.45, 7) is 1.98. The average Bonchev–Trinajstić information content (AvgIpc) is 2.93. The smallest absolute Gasteiger partial charge is 0.274 e. The number of aromatic nitrogens is 1. The number of carbonyl (C=O) groups excluding carboxylic acids is 1. The van der Waals surface area contributed by atoms with Gasteiger partial charge in [0.25, 0.3) is 5.91 Å². The number of anilines is 1. The highest BCUT2D eigenvalue weighted by Crippen LogP contribution is 2.26. The molecule has 40 heavy (non-hydrogen) atoms. The van der Waals surface area contributed by atoms with Crippen molar-refractivity contribution in [1.29, 1.82) is 0 Å². The maximum atomic E-state index is 15.1. The van der Waals surface area contributed by atoms with E-state index in [1.807, 2.05) is 6.92 Å². The van der Waals surface area contributed by atoms with Crippen LogP contribution in [-0.4, -0.2) is 53.8 Å². The van der Waals surface area contributed by atoms with E-state index < -0.39 is 50.7 Å². The summed E-state index contributed by atoms with van der Waals surface area (Å²) in [6, 6.07) is 11.7. The minimum Gasteiger partial charge on any atom is -0.598 e. The maximum absolute atomic E-state index is 15.1. The molecular formula is C27H32F2N4O5S2. The van der Waals surface area contributed by atoms with Crippen LogP contribution in [0.4, 0.5) is 14.5 Å². The summed E-state index contributed by atoms with van der Waals surface area (Å²) in [5.41, 5.74) is 0.720. The molecule has 1 aromatic heterocycles. The number of pyridine rings is 1. The molecule has 2 atom stereocenters. The highest BCUT2D eigenvalue weighted by atomic mass is 32.2. The van der Waals surface area contributed by atoms with E-state index in [2.05, 4.69) is 15.0 Å². The molecule has 9 nitrogen and oxygen atoms in total. The minimum absolute atomic E-state index is 0.0568. The number of halogens is 2. The third-order valence-corrected chi connectivity index (χ3v) is 9.00. The lowest BCUT2D eigenvalue weighted by atomic mass is 10.1. The van der Waals surface area contributed by atoms with Gasteiger partial charge >= 0.3 is 0 Å². The molecule has 1 unspecified atom stereocenters. The number of ether oxygens (including phenoxy) is 1. The van der Waals surface area contributed by atoms with Gasteiger partial charge in [-0.05, 0) is 54.4 Å². The van der Waals surface area contributed by atoms with Crippen molar-refractivity contribution in [1.82, 2.24) is 14.0 Å². The first-order valence-corrected chi connectivity index (χ1v) is 15.4. The van der Waals surface area contributed by atoms with E-state index in [1.165, 1.54) is 32.4 Å². The molecule has 0 spiro atoms. The summed E-state index contributed by atoms with van der Waals surface area (Å²) in [6.07, 6.45) is 2.29. The van der Waals surface area contributed by atoms with Crippen molar-refractivity contribution in [2.24, 2.45) is 0 Å². The average molecular weight is 595 g/mol. The van der Waals surface area contributed by atoms with Crippen LogP contribution in [0.2, 0.25) is 0 Å². The van der Waals surface area contributed by atoms with Crippen LogP contribution >= 0.6 is 0 Å². The minimum atomic E-state index is -3.98. The molecule has 0 radical (unpaired) electrons. The summed E-state index contributed by atoms with van der Waals surface area (Å²) in [5.74, 6) is -1.72. The number of benzene rings is 2. The Morgan fingerprint density at radius 3 is 2.50 bits per heavy atom. The lowest BCUT2D eigenvalue weighted by molar-refractivity contribution is 0.102. The molecule has 0 saturated heterocycles. The fraction of sp³-hybridized carbons (Fsp3) is 0.333. The Bertz CT molecular complexity index is 1380. The number of nitrogens with one attached hydrogen (secondary N) is 2. The Balaban J connectivity index is 1.85. The van der Waals surface area contributed by atoms with E-state index in [-0.39, 0.29) is 29.2 Å². The van der Waals surface area contributed by atoms with Crippen molar-refractivity contribution in [3.8, 4) is 5.75 Å². The molecule has 216 valence electrons. The fourth-order valence-corrected chi connectivity index (χ4v) is 6.28. The molecule has 0 aliphatic rings. The van der Waals surface area contributed by atoms with Crippen LogP contribution in [0.5, 0.6) is 5.75 Å². The Kier molecular flexibility index (Phi) is 11.4. The van der Waals surface area contributed by atoms with Crippen molar-refractivity contribution in [2.75, 3.05) is 31.0 Å². The van der Waals surface area contributed by atoms with Crippen LogP contribution in [0.15, 0.2) is 60.8 Å². The molecule has 0 aliphatic heterocycles. The SMILES string of the molecule is CCCC[S+]([O-])N[C@@H](CS(=O)(=O)N(C)Cc1ccc(OC)cc1)c1cc(NC(=O)c2ccc(F)cn2)ccc1F. The number of rotatable bonds is 14. The van der Waals surface area contributed by atoms with Gasteiger partial charge in [-0.1, -0.05) is 25.5 Å². The van der Waals surface area contributed by atoms with Gasteiger partial charge in [0.2, 0.25) is 10.0 Å². The van der Waals surface area contributed by atoms with E-state index >= 15 is 4.39 Å². The molecule has 2 aromatic carbocycles. The van der Waals surface area contributed by atoms with Crippen LogP contribution in [-0.2, 0) is 27.9 Å². The third-order valence-electron chi connectivity index (χ3n) is 5.96. The highest BCUT2D eigenvalue weighted by molar-refractivity contribution is 7.90. The first kappa shape index (κ1) is 31.4. The van der Waals surface area contributed by atoms with Crippen molar-refractivity contribution in [2.45, 2.75) is 32.4 Å². The predicted octanol–water partition coefficient (Wildman–Crippen LogP) is 4.18. The molecule has 0 fully saturated rings. The first-order chi connectivity index (χ1) is 19.0. The molecule has 0 bridgehead atoms. The van der Waals surface area contributed by atoms with Crippen LogP contribution in [0.3, 0.4) is 0 Å². The van der Waals surface area contributed by atoms with Gasteiger partial charge in [0, 0.05) is 36.2 Å². The predicted molar refractivity (Wildman–Crippen MR) is 151 cm³/mol. The Hall–Kier alpha value is -3.10.